The molecular formula is C22H25N3O4S. The first-order valence-electron chi connectivity index (χ1n) is 9.54. The molecule has 0 aliphatic rings. The van der Waals surface area contributed by atoms with Crippen molar-refractivity contribution in [2.24, 2.45) is 0 Å². The van der Waals surface area contributed by atoms with Gasteiger partial charge in [0.15, 0.2) is 9.84 Å². The van der Waals surface area contributed by atoms with E-state index < -0.39 is 9.84 Å². The summed E-state index contributed by atoms with van der Waals surface area (Å²) >= 11 is 0. The van der Waals surface area contributed by atoms with E-state index in [1.54, 1.807) is 61.5 Å². The number of carbonyl (C=O) groups is 1. The van der Waals surface area contributed by atoms with Crippen LogP contribution in [0.5, 0.6) is 0 Å². The van der Waals surface area contributed by atoms with Crippen molar-refractivity contribution in [3.05, 3.63) is 71.6 Å². The number of hydrogen-bond donors (Lipinski definition) is 1. The first kappa shape index (κ1) is 21.7. The van der Waals surface area contributed by atoms with Gasteiger partial charge in [0.1, 0.15) is 11.5 Å². The molecule has 0 saturated carbocycles. The molecule has 1 amide bonds. The highest BCUT2D eigenvalue weighted by atomic mass is 32.2. The van der Waals surface area contributed by atoms with Crippen LogP contribution in [0.25, 0.3) is 11.5 Å². The Bertz CT molecular complexity index is 1110. The lowest BCUT2D eigenvalue weighted by Crippen LogP contribution is -2.31. The Morgan fingerprint density at radius 2 is 1.73 bits per heavy atom. The second-order valence-electron chi connectivity index (χ2n) is 7.23. The van der Waals surface area contributed by atoms with E-state index in [-0.39, 0.29) is 16.6 Å². The third kappa shape index (κ3) is 5.34. The van der Waals surface area contributed by atoms with Gasteiger partial charge < -0.3 is 14.6 Å². The number of oxazole rings is 1. The topological polar surface area (TPSA) is 92.5 Å². The molecular weight excluding hydrogens is 402 g/mol. The number of nitrogens with zero attached hydrogens (tertiary/aromatic N) is 2. The third-order valence-electron chi connectivity index (χ3n) is 4.56. The van der Waals surface area contributed by atoms with Crippen molar-refractivity contribution >= 4 is 15.7 Å². The van der Waals surface area contributed by atoms with Crippen LogP contribution in [-0.4, -0.2) is 51.4 Å². The van der Waals surface area contributed by atoms with Crippen LogP contribution in [0.4, 0.5) is 0 Å². The van der Waals surface area contributed by atoms with Crippen LogP contribution in [-0.2, 0) is 15.6 Å². The first-order valence-corrected chi connectivity index (χ1v) is 11.2. The Morgan fingerprint density at radius 3 is 2.37 bits per heavy atom. The standard InChI is InChI=1S/C22H25N3O4S/c1-16-20(15-30(27,28)19-7-5-4-6-8-19)24-22(29-16)18-11-9-17(10-12-18)21(26)23-13-14-25(2)3/h4-12H,13-15H2,1-3H3,(H,23,26). The Labute approximate surface area is 176 Å². The normalized spacial score (nSPS) is 11.6. The van der Waals surface area contributed by atoms with E-state index in [1.807, 2.05) is 19.0 Å². The van der Waals surface area contributed by atoms with Gasteiger partial charge in [-0.2, -0.15) is 0 Å². The number of amides is 1. The molecule has 1 aromatic heterocycles. The van der Waals surface area contributed by atoms with E-state index in [2.05, 4.69) is 10.3 Å². The molecule has 0 aliphatic carbocycles. The Balaban J connectivity index is 1.73. The van der Waals surface area contributed by atoms with Crippen LogP contribution < -0.4 is 5.32 Å². The van der Waals surface area contributed by atoms with Crippen molar-refractivity contribution in [1.29, 1.82) is 0 Å². The molecule has 30 heavy (non-hydrogen) atoms. The highest BCUT2D eigenvalue weighted by Gasteiger charge is 2.21. The van der Waals surface area contributed by atoms with E-state index in [0.717, 1.165) is 6.54 Å². The van der Waals surface area contributed by atoms with Gasteiger partial charge in [0.25, 0.3) is 5.91 Å². The van der Waals surface area contributed by atoms with Crippen LogP contribution in [0.1, 0.15) is 21.8 Å². The maximum Gasteiger partial charge on any atom is 0.251 e. The molecule has 158 valence electrons. The third-order valence-corrected chi connectivity index (χ3v) is 6.20. The lowest BCUT2D eigenvalue weighted by molar-refractivity contribution is 0.0951. The number of rotatable bonds is 8. The molecule has 7 nitrogen and oxygen atoms in total. The van der Waals surface area contributed by atoms with E-state index in [4.69, 9.17) is 4.42 Å². The number of carbonyl (C=O) groups excluding carboxylic acids is 1. The molecule has 3 aromatic rings. The molecule has 2 aromatic carbocycles. The number of likely N-dealkylation sites (N-methyl/N-ethyl adjacent to an activating group) is 1. The van der Waals surface area contributed by atoms with Gasteiger partial charge in [0, 0.05) is 24.2 Å². The second kappa shape index (κ2) is 9.23. The van der Waals surface area contributed by atoms with E-state index in [0.29, 0.717) is 35.0 Å². The number of sulfone groups is 1. The highest BCUT2D eigenvalue weighted by molar-refractivity contribution is 7.90. The fourth-order valence-electron chi connectivity index (χ4n) is 2.84. The van der Waals surface area contributed by atoms with Crippen LogP contribution in [0.2, 0.25) is 0 Å². The molecule has 0 unspecified atom stereocenters. The van der Waals surface area contributed by atoms with Crippen molar-refractivity contribution in [3.8, 4) is 11.5 Å². The van der Waals surface area contributed by atoms with Crippen molar-refractivity contribution in [2.45, 2.75) is 17.6 Å². The summed E-state index contributed by atoms with van der Waals surface area (Å²) in [7, 11) is 0.370. The number of benzene rings is 2. The quantitative estimate of drug-likeness (QED) is 0.594. The van der Waals surface area contributed by atoms with E-state index in [1.165, 1.54) is 0 Å². The highest BCUT2D eigenvalue weighted by Crippen LogP contribution is 2.25. The van der Waals surface area contributed by atoms with Crippen molar-refractivity contribution in [3.63, 3.8) is 0 Å². The number of hydrogen-bond acceptors (Lipinski definition) is 6. The average Bonchev–Trinajstić information content (AvgIpc) is 3.08. The Kier molecular flexibility index (Phi) is 6.69. The molecule has 1 N–H and O–H groups in total. The van der Waals surface area contributed by atoms with Crippen LogP contribution in [0.3, 0.4) is 0 Å². The van der Waals surface area contributed by atoms with Crippen molar-refractivity contribution in [2.75, 3.05) is 27.2 Å². The molecule has 0 bridgehead atoms. The molecule has 1 heterocycles. The summed E-state index contributed by atoms with van der Waals surface area (Å²) in [5.41, 5.74) is 1.58. The molecule has 0 atom stereocenters. The lowest BCUT2D eigenvalue weighted by Gasteiger charge is -2.10. The van der Waals surface area contributed by atoms with Crippen molar-refractivity contribution in [1.82, 2.24) is 15.2 Å². The first-order chi connectivity index (χ1) is 14.3. The lowest BCUT2D eigenvalue weighted by atomic mass is 10.1. The zero-order valence-electron chi connectivity index (χ0n) is 17.3. The van der Waals surface area contributed by atoms with Crippen LogP contribution in [0, 0.1) is 6.92 Å². The summed E-state index contributed by atoms with van der Waals surface area (Å²) in [5, 5.41) is 2.86. The molecule has 0 saturated heterocycles. The van der Waals surface area contributed by atoms with Gasteiger partial charge in [-0.15, -0.1) is 0 Å². The second-order valence-corrected chi connectivity index (χ2v) is 9.22. The van der Waals surface area contributed by atoms with Crippen LogP contribution in [0.15, 0.2) is 63.9 Å². The van der Waals surface area contributed by atoms with Crippen LogP contribution >= 0.6 is 0 Å². The average molecular weight is 428 g/mol. The number of aromatic nitrogens is 1. The summed E-state index contributed by atoms with van der Waals surface area (Å²) in [6.07, 6.45) is 0. The maximum atomic E-state index is 12.6. The predicted molar refractivity (Wildman–Crippen MR) is 115 cm³/mol. The molecule has 0 spiro atoms. The number of nitrogens with one attached hydrogen (secondary N) is 1. The zero-order valence-corrected chi connectivity index (χ0v) is 18.1. The van der Waals surface area contributed by atoms with Gasteiger partial charge in [-0.25, -0.2) is 13.4 Å². The smallest absolute Gasteiger partial charge is 0.251 e. The monoisotopic (exact) mass is 427 g/mol. The van der Waals surface area contributed by atoms with Crippen molar-refractivity contribution < 1.29 is 17.6 Å². The minimum absolute atomic E-state index is 0.151. The number of aryl methyl sites for hydroxylation is 1. The van der Waals surface area contributed by atoms with Gasteiger partial charge in [0.05, 0.1) is 10.6 Å². The minimum atomic E-state index is -3.52. The zero-order chi connectivity index (χ0) is 21.7. The van der Waals surface area contributed by atoms with Gasteiger partial charge in [0.2, 0.25) is 5.89 Å². The Hall–Kier alpha value is -2.97. The predicted octanol–water partition coefficient (Wildman–Crippen LogP) is 2.92. The molecule has 3 rings (SSSR count). The summed E-state index contributed by atoms with van der Waals surface area (Å²) in [6, 6.07) is 15.1. The molecule has 0 fully saturated rings. The summed E-state index contributed by atoms with van der Waals surface area (Å²) in [4.78, 5) is 18.8. The fraction of sp³-hybridized carbons (Fsp3) is 0.273. The Morgan fingerprint density at radius 1 is 1.07 bits per heavy atom. The van der Waals surface area contributed by atoms with Gasteiger partial charge >= 0.3 is 0 Å². The van der Waals surface area contributed by atoms with E-state index >= 15 is 0 Å². The summed E-state index contributed by atoms with van der Waals surface area (Å²) in [5.74, 6) is 0.389. The molecule has 0 radical (unpaired) electrons. The summed E-state index contributed by atoms with van der Waals surface area (Å²) in [6.45, 7) is 3.01. The largest absolute Gasteiger partial charge is 0.441 e. The fourth-order valence-corrected chi connectivity index (χ4v) is 4.20. The molecule has 0 aliphatic heterocycles. The summed E-state index contributed by atoms with van der Waals surface area (Å²) < 4.78 is 30.9. The maximum absolute atomic E-state index is 12.6. The van der Waals surface area contributed by atoms with Gasteiger partial charge in [-0.05, 0) is 57.4 Å². The van der Waals surface area contributed by atoms with E-state index in [9.17, 15) is 13.2 Å². The van der Waals surface area contributed by atoms with Gasteiger partial charge in [-0.3, -0.25) is 4.79 Å². The molecule has 8 heteroatoms. The SMILES string of the molecule is Cc1oc(-c2ccc(C(=O)NCCN(C)C)cc2)nc1CS(=O)(=O)c1ccccc1. The van der Waals surface area contributed by atoms with Gasteiger partial charge in [-0.1, -0.05) is 18.2 Å². The minimum Gasteiger partial charge on any atom is -0.441 e.